The molecule has 1 amide bonds. The Morgan fingerprint density at radius 3 is 2.80 bits per heavy atom. The normalized spacial score (nSPS) is 11.9. The summed E-state index contributed by atoms with van der Waals surface area (Å²) < 4.78 is 0. The summed E-state index contributed by atoms with van der Waals surface area (Å²) in [5, 5.41) is 14.4. The lowest BCUT2D eigenvalue weighted by atomic mass is 10.2. The number of thiazole rings is 1. The van der Waals surface area contributed by atoms with E-state index >= 15 is 0 Å². The number of amides is 1. The summed E-state index contributed by atoms with van der Waals surface area (Å²) in [6.07, 6.45) is 1.39. The van der Waals surface area contributed by atoms with E-state index in [4.69, 9.17) is 5.11 Å². The molecule has 1 unspecified atom stereocenters. The van der Waals surface area contributed by atoms with Crippen LogP contribution in [0.25, 0.3) is 0 Å². The summed E-state index contributed by atoms with van der Waals surface area (Å²) in [6, 6.07) is 2.53. The Morgan fingerprint density at radius 2 is 2.20 bits per heavy atom. The van der Waals surface area contributed by atoms with Crippen molar-refractivity contribution in [1.29, 1.82) is 0 Å². The smallest absolute Gasteiger partial charge is 0.338 e. The maximum atomic E-state index is 12.1. The third-order valence-corrected chi connectivity index (χ3v) is 3.75. The van der Waals surface area contributed by atoms with Gasteiger partial charge < -0.3 is 10.4 Å². The van der Waals surface area contributed by atoms with Crippen molar-refractivity contribution in [2.45, 2.75) is 19.9 Å². The molecule has 2 heterocycles. The molecular weight excluding hydrogens is 278 g/mol. The van der Waals surface area contributed by atoms with Crippen molar-refractivity contribution < 1.29 is 14.7 Å². The molecule has 0 aliphatic carbocycles. The lowest BCUT2D eigenvalue weighted by molar-refractivity contribution is 0.0689. The molecule has 6 nitrogen and oxygen atoms in total. The lowest BCUT2D eigenvalue weighted by Crippen LogP contribution is -2.29. The summed E-state index contributed by atoms with van der Waals surface area (Å²) in [5.41, 5.74) is 0.669. The molecule has 2 aromatic heterocycles. The molecule has 104 valence electrons. The monoisotopic (exact) mass is 291 g/mol. The molecule has 0 spiro atoms. The summed E-state index contributed by atoms with van der Waals surface area (Å²) in [4.78, 5) is 31.3. The van der Waals surface area contributed by atoms with Gasteiger partial charge in [0.25, 0.3) is 5.91 Å². The van der Waals surface area contributed by atoms with Crippen molar-refractivity contribution in [3.05, 3.63) is 45.7 Å². The van der Waals surface area contributed by atoms with E-state index in [2.05, 4.69) is 15.3 Å². The molecule has 0 aliphatic heterocycles. The van der Waals surface area contributed by atoms with E-state index in [9.17, 15) is 9.59 Å². The van der Waals surface area contributed by atoms with Gasteiger partial charge in [0.1, 0.15) is 10.7 Å². The Balaban J connectivity index is 2.18. The van der Waals surface area contributed by atoms with Gasteiger partial charge in [-0.05, 0) is 26.0 Å². The minimum atomic E-state index is -1.18. The highest BCUT2D eigenvalue weighted by atomic mass is 32.1. The summed E-state index contributed by atoms with van der Waals surface area (Å²) in [7, 11) is 0. The van der Waals surface area contributed by atoms with Crippen molar-refractivity contribution in [2.75, 3.05) is 0 Å². The van der Waals surface area contributed by atoms with Crippen LogP contribution in [-0.4, -0.2) is 27.0 Å². The van der Waals surface area contributed by atoms with E-state index in [-0.39, 0.29) is 17.3 Å². The predicted octanol–water partition coefficient (Wildman–Crippen LogP) is 2.04. The second-order valence-corrected chi connectivity index (χ2v) is 5.12. The van der Waals surface area contributed by atoms with Crippen LogP contribution in [0.3, 0.4) is 0 Å². The van der Waals surface area contributed by atoms with Crippen molar-refractivity contribution >= 4 is 23.2 Å². The van der Waals surface area contributed by atoms with Crippen LogP contribution in [0.2, 0.25) is 0 Å². The molecule has 0 aliphatic rings. The fourth-order valence-corrected chi connectivity index (χ4v) is 2.46. The van der Waals surface area contributed by atoms with E-state index in [0.29, 0.717) is 0 Å². The van der Waals surface area contributed by atoms with Crippen LogP contribution in [0.15, 0.2) is 23.7 Å². The number of hydrogen-bond acceptors (Lipinski definition) is 5. The maximum absolute atomic E-state index is 12.1. The molecule has 2 aromatic rings. The van der Waals surface area contributed by atoms with Gasteiger partial charge in [-0.15, -0.1) is 11.3 Å². The Morgan fingerprint density at radius 1 is 1.45 bits per heavy atom. The van der Waals surface area contributed by atoms with Crippen molar-refractivity contribution in [3.63, 3.8) is 0 Å². The zero-order valence-electron chi connectivity index (χ0n) is 11.0. The lowest BCUT2D eigenvalue weighted by Gasteiger charge is -2.11. The summed E-state index contributed by atoms with van der Waals surface area (Å²) in [6.45, 7) is 3.66. The Kier molecular flexibility index (Phi) is 4.09. The Hall–Kier alpha value is -2.28. The standard InChI is InChI=1S/C13H13N3O3S/c1-7-6-20-12(15-7)8(2)16-11(17)10-9(13(18)19)4-3-5-14-10/h3-6,8H,1-2H3,(H,16,17)(H,18,19). The molecule has 0 saturated heterocycles. The van der Waals surface area contributed by atoms with Gasteiger partial charge in [0.2, 0.25) is 0 Å². The molecule has 2 rings (SSSR count). The SMILES string of the molecule is Cc1csc(C(C)NC(=O)c2ncccc2C(=O)O)n1. The molecule has 0 radical (unpaired) electrons. The highest BCUT2D eigenvalue weighted by Crippen LogP contribution is 2.18. The molecule has 0 bridgehead atoms. The molecule has 0 saturated carbocycles. The Bertz CT molecular complexity index is 654. The number of hydrogen-bond donors (Lipinski definition) is 2. The number of carboxylic acids is 1. The van der Waals surface area contributed by atoms with Gasteiger partial charge in [0.15, 0.2) is 0 Å². The molecular formula is C13H13N3O3S. The Labute approximate surface area is 119 Å². The first kappa shape index (κ1) is 14.1. The number of aryl methyl sites for hydroxylation is 1. The second kappa shape index (κ2) is 5.79. The minimum Gasteiger partial charge on any atom is -0.478 e. The van der Waals surface area contributed by atoms with E-state index in [0.717, 1.165) is 10.7 Å². The first-order valence-electron chi connectivity index (χ1n) is 5.90. The summed E-state index contributed by atoms with van der Waals surface area (Å²) in [5.74, 6) is -1.70. The van der Waals surface area contributed by atoms with Crippen LogP contribution in [0.4, 0.5) is 0 Å². The number of carbonyl (C=O) groups is 2. The molecule has 2 N–H and O–H groups in total. The number of carbonyl (C=O) groups excluding carboxylic acids is 1. The quantitative estimate of drug-likeness (QED) is 0.899. The highest BCUT2D eigenvalue weighted by Gasteiger charge is 2.20. The van der Waals surface area contributed by atoms with Crippen molar-refractivity contribution in [1.82, 2.24) is 15.3 Å². The van der Waals surface area contributed by atoms with Gasteiger partial charge in [0, 0.05) is 17.3 Å². The van der Waals surface area contributed by atoms with E-state index in [1.165, 1.54) is 29.7 Å². The molecule has 0 fully saturated rings. The van der Waals surface area contributed by atoms with Crippen LogP contribution < -0.4 is 5.32 Å². The van der Waals surface area contributed by atoms with Crippen LogP contribution in [0.5, 0.6) is 0 Å². The average molecular weight is 291 g/mol. The van der Waals surface area contributed by atoms with Crippen LogP contribution in [0, 0.1) is 6.92 Å². The summed E-state index contributed by atoms with van der Waals surface area (Å²) >= 11 is 1.44. The number of carboxylic acid groups (broad SMARTS) is 1. The predicted molar refractivity (Wildman–Crippen MR) is 73.9 cm³/mol. The number of rotatable bonds is 4. The number of aromatic nitrogens is 2. The largest absolute Gasteiger partial charge is 0.478 e. The van der Waals surface area contributed by atoms with E-state index < -0.39 is 11.9 Å². The molecule has 0 aromatic carbocycles. The maximum Gasteiger partial charge on any atom is 0.338 e. The zero-order chi connectivity index (χ0) is 14.7. The van der Waals surface area contributed by atoms with Gasteiger partial charge in [0.05, 0.1) is 11.6 Å². The number of nitrogens with one attached hydrogen (secondary N) is 1. The number of pyridine rings is 1. The van der Waals surface area contributed by atoms with Gasteiger partial charge in [-0.1, -0.05) is 0 Å². The number of aromatic carboxylic acids is 1. The third kappa shape index (κ3) is 3.00. The second-order valence-electron chi connectivity index (χ2n) is 4.23. The molecule has 7 heteroatoms. The first-order valence-corrected chi connectivity index (χ1v) is 6.78. The fourth-order valence-electron chi connectivity index (χ4n) is 1.66. The highest BCUT2D eigenvalue weighted by molar-refractivity contribution is 7.09. The van der Waals surface area contributed by atoms with Crippen molar-refractivity contribution in [2.24, 2.45) is 0 Å². The van der Waals surface area contributed by atoms with Crippen LogP contribution >= 0.6 is 11.3 Å². The van der Waals surface area contributed by atoms with Crippen molar-refractivity contribution in [3.8, 4) is 0 Å². The zero-order valence-corrected chi connectivity index (χ0v) is 11.8. The third-order valence-electron chi connectivity index (χ3n) is 2.61. The van der Waals surface area contributed by atoms with Gasteiger partial charge in [-0.25, -0.2) is 9.78 Å². The number of nitrogens with zero attached hydrogens (tertiary/aromatic N) is 2. The minimum absolute atomic E-state index is 0.0971. The molecule has 20 heavy (non-hydrogen) atoms. The average Bonchev–Trinajstić information content (AvgIpc) is 2.85. The van der Waals surface area contributed by atoms with E-state index in [1.807, 2.05) is 12.3 Å². The molecule has 1 atom stereocenters. The van der Waals surface area contributed by atoms with Gasteiger partial charge in [-0.2, -0.15) is 0 Å². The van der Waals surface area contributed by atoms with Gasteiger partial charge in [-0.3, -0.25) is 9.78 Å². The topological polar surface area (TPSA) is 92.2 Å². The van der Waals surface area contributed by atoms with Crippen LogP contribution in [-0.2, 0) is 0 Å². The van der Waals surface area contributed by atoms with Gasteiger partial charge >= 0.3 is 5.97 Å². The van der Waals surface area contributed by atoms with Crippen LogP contribution in [0.1, 0.15) is 44.5 Å². The first-order chi connectivity index (χ1) is 9.49. The fraction of sp³-hybridized carbons (Fsp3) is 0.231. The van der Waals surface area contributed by atoms with E-state index in [1.54, 1.807) is 6.92 Å².